The number of para-hydroxylation sites is 1. The van der Waals surface area contributed by atoms with Crippen LogP contribution in [0.25, 0.3) is 11.3 Å². The lowest BCUT2D eigenvalue weighted by Crippen LogP contribution is -2.20. The van der Waals surface area contributed by atoms with Gasteiger partial charge in [0.25, 0.3) is 5.91 Å². The summed E-state index contributed by atoms with van der Waals surface area (Å²) in [5.74, 6) is -1.92. The highest BCUT2D eigenvalue weighted by atomic mass is 19.1. The van der Waals surface area contributed by atoms with E-state index in [0.717, 1.165) is 0 Å². The number of rotatable bonds is 7. The Morgan fingerprint density at radius 1 is 0.892 bits per heavy atom. The summed E-state index contributed by atoms with van der Waals surface area (Å²) in [6.07, 6.45) is 0. The molecule has 0 bridgehead atoms. The predicted molar refractivity (Wildman–Crippen MR) is 136 cm³/mol. The first-order valence-electron chi connectivity index (χ1n) is 11.2. The van der Waals surface area contributed by atoms with Crippen LogP contribution in [-0.2, 0) is 9.53 Å². The second-order valence-electron chi connectivity index (χ2n) is 8.04. The molecule has 4 rings (SSSR count). The van der Waals surface area contributed by atoms with E-state index < -0.39 is 23.7 Å². The second kappa shape index (κ2) is 11.2. The lowest BCUT2D eigenvalue weighted by Gasteiger charge is -2.11. The van der Waals surface area contributed by atoms with Gasteiger partial charge in [-0.15, -0.1) is 0 Å². The third-order valence-electron chi connectivity index (χ3n) is 5.49. The Kier molecular flexibility index (Phi) is 7.58. The summed E-state index contributed by atoms with van der Waals surface area (Å²) in [7, 11) is 1.32. The van der Waals surface area contributed by atoms with Crippen molar-refractivity contribution in [3.05, 3.63) is 96.0 Å². The fraction of sp³-hybridized carbons (Fsp3) is 0.111. The van der Waals surface area contributed by atoms with Gasteiger partial charge in [0.05, 0.1) is 18.7 Å². The molecule has 0 aliphatic heterocycles. The van der Waals surface area contributed by atoms with Crippen LogP contribution < -0.4 is 16.0 Å². The van der Waals surface area contributed by atoms with Crippen molar-refractivity contribution >= 4 is 35.0 Å². The van der Waals surface area contributed by atoms with Gasteiger partial charge in [-0.3, -0.25) is 9.59 Å². The summed E-state index contributed by atoms with van der Waals surface area (Å²) in [5.41, 5.74) is 2.78. The van der Waals surface area contributed by atoms with Crippen molar-refractivity contribution in [2.45, 2.75) is 12.8 Å². The molecule has 0 fully saturated rings. The molecule has 9 nitrogen and oxygen atoms in total. The van der Waals surface area contributed by atoms with Crippen molar-refractivity contribution in [2.75, 3.05) is 23.1 Å². The average molecular weight is 503 g/mol. The number of urea groups is 1. The van der Waals surface area contributed by atoms with Crippen LogP contribution in [-0.4, -0.2) is 30.2 Å². The number of carbonyl (C=O) groups is 3. The van der Waals surface area contributed by atoms with Gasteiger partial charge in [-0.25, -0.2) is 9.18 Å². The zero-order valence-corrected chi connectivity index (χ0v) is 19.9. The first-order valence-corrected chi connectivity index (χ1v) is 11.2. The molecule has 0 radical (unpaired) electrons. The Hall–Kier alpha value is -4.99. The second-order valence-corrected chi connectivity index (χ2v) is 8.04. The number of ether oxygens (including phenoxy) is 1. The van der Waals surface area contributed by atoms with Crippen LogP contribution in [0.5, 0.6) is 0 Å². The molecule has 188 valence electrons. The molecule has 3 amide bonds. The minimum atomic E-state index is -0.594. The van der Waals surface area contributed by atoms with E-state index in [1.54, 1.807) is 61.5 Å². The number of methoxy groups -OCH3 is 1. The summed E-state index contributed by atoms with van der Waals surface area (Å²) < 4.78 is 23.7. The molecular weight excluding hydrogens is 479 g/mol. The van der Waals surface area contributed by atoms with Gasteiger partial charge in [0, 0.05) is 23.0 Å². The third-order valence-corrected chi connectivity index (χ3v) is 5.49. The molecule has 4 aromatic rings. The van der Waals surface area contributed by atoms with Gasteiger partial charge in [-0.1, -0.05) is 41.6 Å². The minimum Gasteiger partial charge on any atom is -0.469 e. The van der Waals surface area contributed by atoms with E-state index in [9.17, 15) is 18.8 Å². The highest BCUT2D eigenvalue weighted by Gasteiger charge is 2.18. The number of halogens is 1. The number of amides is 3. The molecule has 1 atom stereocenters. The van der Waals surface area contributed by atoms with Crippen molar-refractivity contribution < 1.29 is 28.0 Å². The average Bonchev–Trinajstić information content (AvgIpc) is 3.40. The molecular formula is C27H23FN4O5. The van der Waals surface area contributed by atoms with Crippen LogP contribution in [0.3, 0.4) is 0 Å². The molecule has 1 aromatic heterocycles. The van der Waals surface area contributed by atoms with Gasteiger partial charge >= 0.3 is 12.0 Å². The maximum atomic E-state index is 13.7. The topological polar surface area (TPSA) is 123 Å². The molecule has 0 saturated carbocycles. The van der Waals surface area contributed by atoms with Gasteiger partial charge in [-0.05, 0) is 48.9 Å². The maximum absolute atomic E-state index is 13.7. The quantitative estimate of drug-likeness (QED) is 0.281. The SMILES string of the molecule is COC(=O)C(C)c1cccc(NC(=O)c2cc(-c3ccc(NC(=O)Nc4ccccc4F)cc3)no2)c1. The van der Waals surface area contributed by atoms with Crippen LogP contribution in [0.1, 0.15) is 29.0 Å². The first-order chi connectivity index (χ1) is 17.8. The summed E-state index contributed by atoms with van der Waals surface area (Å²) in [5, 5.41) is 11.7. The molecule has 0 aliphatic carbocycles. The van der Waals surface area contributed by atoms with E-state index in [2.05, 4.69) is 21.1 Å². The minimum absolute atomic E-state index is 0.00659. The number of benzene rings is 3. The molecule has 1 heterocycles. The van der Waals surface area contributed by atoms with Crippen molar-refractivity contribution in [1.82, 2.24) is 5.16 Å². The number of aromatic nitrogens is 1. The molecule has 3 aromatic carbocycles. The number of nitrogens with zero attached hydrogens (tertiary/aromatic N) is 1. The van der Waals surface area contributed by atoms with Gasteiger partial charge in [-0.2, -0.15) is 0 Å². The summed E-state index contributed by atoms with van der Waals surface area (Å²) in [4.78, 5) is 36.6. The Labute approximate surface area is 211 Å². The van der Waals surface area contributed by atoms with E-state index in [0.29, 0.717) is 28.2 Å². The Morgan fingerprint density at radius 2 is 1.65 bits per heavy atom. The highest BCUT2D eigenvalue weighted by Crippen LogP contribution is 2.24. The van der Waals surface area contributed by atoms with Gasteiger partial charge < -0.3 is 25.2 Å². The van der Waals surface area contributed by atoms with Crippen LogP contribution in [0.2, 0.25) is 0 Å². The van der Waals surface area contributed by atoms with Crippen LogP contribution in [0.15, 0.2) is 83.4 Å². The number of carbonyl (C=O) groups excluding carboxylic acids is 3. The van der Waals surface area contributed by atoms with Crippen LogP contribution in [0.4, 0.5) is 26.2 Å². The van der Waals surface area contributed by atoms with Crippen LogP contribution >= 0.6 is 0 Å². The number of hydrogen-bond donors (Lipinski definition) is 3. The number of nitrogens with one attached hydrogen (secondary N) is 3. The van der Waals surface area contributed by atoms with Gasteiger partial charge in [0.2, 0.25) is 5.76 Å². The first kappa shape index (κ1) is 25.1. The fourth-order valence-electron chi connectivity index (χ4n) is 3.48. The van der Waals surface area contributed by atoms with E-state index in [1.165, 1.54) is 31.4 Å². The highest BCUT2D eigenvalue weighted by molar-refractivity contribution is 6.03. The Balaban J connectivity index is 1.38. The summed E-state index contributed by atoms with van der Waals surface area (Å²) >= 11 is 0. The van der Waals surface area contributed by atoms with Crippen molar-refractivity contribution in [3.63, 3.8) is 0 Å². The smallest absolute Gasteiger partial charge is 0.323 e. The third kappa shape index (κ3) is 6.17. The maximum Gasteiger partial charge on any atom is 0.323 e. The number of hydrogen-bond acceptors (Lipinski definition) is 6. The summed E-state index contributed by atoms with van der Waals surface area (Å²) in [6.45, 7) is 1.71. The zero-order chi connectivity index (χ0) is 26.4. The van der Waals surface area contributed by atoms with Crippen molar-refractivity contribution in [3.8, 4) is 11.3 Å². The standard InChI is InChI=1S/C27H23FN4O5/c1-16(26(34)36-2)18-6-5-7-20(14-18)29-25(33)24-15-23(32-37-24)17-10-12-19(13-11-17)30-27(35)31-22-9-4-3-8-21(22)28/h3-16H,1-2H3,(H,29,33)(H2,30,31,35). The molecule has 37 heavy (non-hydrogen) atoms. The molecule has 0 saturated heterocycles. The predicted octanol–water partition coefficient (Wildman–Crippen LogP) is 5.65. The fourth-order valence-corrected chi connectivity index (χ4v) is 3.48. The van der Waals surface area contributed by atoms with Crippen molar-refractivity contribution in [2.24, 2.45) is 0 Å². The van der Waals surface area contributed by atoms with Gasteiger partial charge in [0.1, 0.15) is 11.5 Å². The largest absolute Gasteiger partial charge is 0.469 e. The normalized spacial score (nSPS) is 11.3. The van der Waals surface area contributed by atoms with Crippen LogP contribution in [0, 0.1) is 5.82 Å². The van der Waals surface area contributed by atoms with E-state index >= 15 is 0 Å². The Bertz CT molecular complexity index is 1430. The lowest BCUT2D eigenvalue weighted by molar-refractivity contribution is -0.141. The monoisotopic (exact) mass is 502 g/mol. The molecule has 1 unspecified atom stereocenters. The Morgan fingerprint density at radius 3 is 2.38 bits per heavy atom. The molecule has 0 aliphatic rings. The molecule has 10 heteroatoms. The summed E-state index contributed by atoms with van der Waals surface area (Å²) in [6, 6.07) is 20.3. The zero-order valence-electron chi connectivity index (χ0n) is 19.9. The van der Waals surface area contributed by atoms with Crippen molar-refractivity contribution in [1.29, 1.82) is 0 Å². The van der Waals surface area contributed by atoms with E-state index in [1.807, 2.05) is 0 Å². The molecule has 0 spiro atoms. The molecule has 3 N–H and O–H groups in total. The van der Waals surface area contributed by atoms with E-state index in [-0.39, 0.29) is 17.4 Å². The number of esters is 1. The van der Waals surface area contributed by atoms with Gasteiger partial charge in [0.15, 0.2) is 0 Å². The van der Waals surface area contributed by atoms with E-state index in [4.69, 9.17) is 9.26 Å². The number of anilines is 3. The lowest BCUT2D eigenvalue weighted by atomic mass is 10.0.